The number of hydrogen-bond acceptors (Lipinski definition) is 5. The van der Waals surface area contributed by atoms with E-state index in [4.69, 9.17) is 11.6 Å². The van der Waals surface area contributed by atoms with Crippen molar-refractivity contribution < 1.29 is 9.59 Å². The minimum absolute atomic E-state index is 0.233. The van der Waals surface area contributed by atoms with Crippen molar-refractivity contribution in [3.63, 3.8) is 0 Å². The number of tetrazole rings is 1. The zero-order valence-electron chi connectivity index (χ0n) is 20.8. The first-order chi connectivity index (χ1) is 17.9. The summed E-state index contributed by atoms with van der Waals surface area (Å²) in [6.45, 7) is 4.22. The summed E-state index contributed by atoms with van der Waals surface area (Å²) in [5.74, 6) is -0.248. The van der Waals surface area contributed by atoms with E-state index in [2.05, 4.69) is 26.0 Å². The number of nitrogens with zero attached hydrogens (tertiary/aromatic N) is 4. The lowest BCUT2D eigenvalue weighted by atomic mass is 10.0. The molecule has 3 aromatic carbocycles. The number of nitrogens with one attached hydrogen (secondary N) is 2. The summed E-state index contributed by atoms with van der Waals surface area (Å²) in [4.78, 5) is 27.7. The summed E-state index contributed by atoms with van der Waals surface area (Å²) in [7, 11) is 0. The Kier molecular flexibility index (Phi) is 8.64. The number of aromatic nitrogens is 4. The second kappa shape index (κ2) is 12.3. The largest absolute Gasteiger partial charge is 0.350 e. The van der Waals surface area contributed by atoms with Crippen molar-refractivity contribution >= 4 is 23.4 Å². The topological polar surface area (TPSA) is 102 Å². The third-order valence-corrected chi connectivity index (χ3v) is 6.41. The van der Waals surface area contributed by atoms with Gasteiger partial charge in [-0.2, -0.15) is 4.80 Å². The molecule has 0 fully saturated rings. The minimum Gasteiger partial charge on any atom is -0.350 e. The van der Waals surface area contributed by atoms with E-state index in [-0.39, 0.29) is 12.3 Å². The fraction of sp³-hybridized carbons (Fsp3) is 0.250. The quantitative estimate of drug-likeness (QED) is 0.327. The minimum atomic E-state index is -0.859. The molecule has 0 radical (unpaired) electrons. The summed E-state index contributed by atoms with van der Waals surface area (Å²) in [6.07, 6.45) is 0.655. The first kappa shape index (κ1) is 26.0. The number of carbonyl (C=O) groups excluding carboxylic acids is 2. The van der Waals surface area contributed by atoms with E-state index in [1.807, 2.05) is 86.6 Å². The maximum atomic E-state index is 13.5. The number of aryl methyl sites for hydroxylation is 1. The van der Waals surface area contributed by atoms with Crippen molar-refractivity contribution in [3.8, 4) is 11.4 Å². The molecule has 4 aromatic rings. The fourth-order valence-electron chi connectivity index (χ4n) is 3.86. The highest BCUT2D eigenvalue weighted by Gasteiger charge is 2.29. The molecule has 0 saturated carbocycles. The van der Waals surface area contributed by atoms with Gasteiger partial charge >= 0.3 is 0 Å². The van der Waals surface area contributed by atoms with Gasteiger partial charge in [0.1, 0.15) is 6.04 Å². The average molecular weight is 517 g/mol. The number of benzene rings is 3. The first-order valence-electron chi connectivity index (χ1n) is 12.2. The highest BCUT2D eigenvalue weighted by molar-refractivity contribution is 6.31. The molecule has 2 amide bonds. The summed E-state index contributed by atoms with van der Waals surface area (Å²) in [5.41, 5.74) is 3.65. The molecule has 2 atom stereocenters. The Hall–Kier alpha value is -4.04. The summed E-state index contributed by atoms with van der Waals surface area (Å²) in [5, 5.41) is 19.2. The predicted molar refractivity (Wildman–Crippen MR) is 143 cm³/mol. The van der Waals surface area contributed by atoms with E-state index >= 15 is 0 Å². The molecule has 1 heterocycles. The van der Waals surface area contributed by atoms with Crippen molar-refractivity contribution in [3.05, 3.63) is 101 Å². The predicted octanol–water partition coefficient (Wildman–Crippen LogP) is 4.30. The zero-order valence-corrected chi connectivity index (χ0v) is 21.5. The van der Waals surface area contributed by atoms with Gasteiger partial charge in [-0.25, -0.2) is 0 Å². The van der Waals surface area contributed by atoms with Gasteiger partial charge in [0.2, 0.25) is 17.6 Å². The Labute approximate surface area is 221 Å². The van der Waals surface area contributed by atoms with Crippen LogP contribution in [0.15, 0.2) is 78.9 Å². The Morgan fingerprint density at radius 3 is 2.35 bits per heavy atom. The fourth-order valence-corrected chi connectivity index (χ4v) is 4.07. The van der Waals surface area contributed by atoms with Crippen LogP contribution in [0.1, 0.15) is 36.1 Å². The smallest absolute Gasteiger partial charge is 0.247 e. The van der Waals surface area contributed by atoms with Gasteiger partial charge in [-0.1, -0.05) is 96.9 Å². The van der Waals surface area contributed by atoms with Crippen LogP contribution >= 0.6 is 11.6 Å². The molecule has 0 aliphatic carbocycles. The third-order valence-electron chi connectivity index (χ3n) is 6.04. The lowest BCUT2D eigenvalue weighted by Gasteiger charge is -2.21. The van der Waals surface area contributed by atoms with Crippen LogP contribution in [0.5, 0.6) is 0 Å². The normalized spacial score (nSPS) is 12.5. The monoisotopic (exact) mass is 516 g/mol. The molecule has 2 N–H and O–H groups in total. The van der Waals surface area contributed by atoms with Gasteiger partial charge in [0, 0.05) is 23.6 Å². The number of hydrogen-bond donors (Lipinski definition) is 2. The van der Waals surface area contributed by atoms with Gasteiger partial charge in [0.05, 0.1) is 0 Å². The van der Waals surface area contributed by atoms with Gasteiger partial charge in [0.25, 0.3) is 0 Å². The van der Waals surface area contributed by atoms with E-state index in [1.165, 1.54) is 4.80 Å². The molecule has 0 bridgehead atoms. The number of amides is 2. The molecule has 37 heavy (non-hydrogen) atoms. The van der Waals surface area contributed by atoms with Crippen molar-refractivity contribution in [2.45, 2.75) is 45.3 Å². The molecule has 0 spiro atoms. The number of halogens is 1. The summed E-state index contributed by atoms with van der Waals surface area (Å²) in [6, 6.07) is 23.1. The van der Waals surface area contributed by atoms with Crippen LogP contribution in [0.4, 0.5) is 0 Å². The molecule has 9 heteroatoms. The SMILES string of the molecule is CCC(NC(=O)C(Cc1ccccc1Cl)n1nnc(-c2ccc(C)cc2)n1)C(=O)NCc1ccccc1. The Morgan fingerprint density at radius 1 is 0.946 bits per heavy atom. The van der Waals surface area contributed by atoms with E-state index < -0.39 is 18.0 Å². The Morgan fingerprint density at radius 2 is 1.65 bits per heavy atom. The molecular formula is C28H29ClN6O2. The molecular weight excluding hydrogens is 488 g/mol. The Balaban J connectivity index is 1.54. The molecule has 0 aliphatic heterocycles. The third kappa shape index (κ3) is 6.80. The first-order valence-corrected chi connectivity index (χ1v) is 12.5. The van der Waals surface area contributed by atoms with Gasteiger partial charge in [-0.3, -0.25) is 9.59 Å². The summed E-state index contributed by atoms with van der Waals surface area (Å²) < 4.78 is 0. The maximum absolute atomic E-state index is 13.5. The van der Waals surface area contributed by atoms with Crippen LogP contribution in [-0.4, -0.2) is 38.1 Å². The lowest BCUT2D eigenvalue weighted by Crippen LogP contribution is -2.48. The van der Waals surface area contributed by atoms with E-state index in [0.717, 1.165) is 22.3 Å². The molecule has 8 nitrogen and oxygen atoms in total. The van der Waals surface area contributed by atoms with Gasteiger partial charge in [-0.05, 0) is 35.8 Å². The van der Waals surface area contributed by atoms with E-state index in [9.17, 15) is 9.59 Å². The molecule has 0 aliphatic rings. The maximum Gasteiger partial charge on any atom is 0.247 e. The average Bonchev–Trinajstić information content (AvgIpc) is 3.40. The van der Waals surface area contributed by atoms with Gasteiger partial charge < -0.3 is 10.6 Å². The van der Waals surface area contributed by atoms with Crippen molar-refractivity contribution in [2.75, 3.05) is 0 Å². The van der Waals surface area contributed by atoms with Crippen LogP contribution in [0.3, 0.4) is 0 Å². The van der Waals surface area contributed by atoms with Crippen LogP contribution in [0.25, 0.3) is 11.4 Å². The van der Waals surface area contributed by atoms with Crippen molar-refractivity contribution in [1.29, 1.82) is 0 Å². The second-order valence-electron chi connectivity index (χ2n) is 8.78. The number of rotatable bonds is 10. The highest BCUT2D eigenvalue weighted by Crippen LogP contribution is 2.22. The molecule has 0 saturated heterocycles. The van der Waals surface area contributed by atoms with Crippen LogP contribution < -0.4 is 10.6 Å². The van der Waals surface area contributed by atoms with Crippen LogP contribution in [0.2, 0.25) is 5.02 Å². The van der Waals surface area contributed by atoms with Crippen LogP contribution in [-0.2, 0) is 22.6 Å². The zero-order chi connectivity index (χ0) is 26.2. The van der Waals surface area contributed by atoms with Crippen molar-refractivity contribution in [2.24, 2.45) is 0 Å². The molecule has 1 aromatic heterocycles. The van der Waals surface area contributed by atoms with Gasteiger partial charge in [0.15, 0.2) is 6.04 Å². The van der Waals surface area contributed by atoms with Gasteiger partial charge in [-0.15, -0.1) is 10.2 Å². The highest BCUT2D eigenvalue weighted by atomic mass is 35.5. The standard InChI is InChI=1S/C28H29ClN6O2/c1-3-24(27(36)30-18-20-9-5-4-6-10-20)31-28(37)25(17-22-11-7-8-12-23(22)29)35-33-26(32-34-35)21-15-13-19(2)14-16-21/h4-16,24-25H,3,17-18H2,1-2H3,(H,30,36)(H,31,37). The molecule has 4 rings (SSSR count). The molecule has 190 valence electrons. The van der Waals surface area contributed by atoms with Crippen molar-refractivity contribution in [1.82, 2.24) is 30.8 Å². The molecule has 2 unspecified atom stereocenters. The Bertz CT molecular complexity index is 1340. The summed E-state index contributed by atoms with van der Waals surface area (Å²) >= 11 is 6.40. The van der Waals surface area contributed by atoms with Crippen LogP contribution in [0, 0.1) is 6.92 Å². The van der Waals surface area contributed by atoms with E-state index in [0.29, 0.717) is 23.8 Å². The second-order valence-corrected chi connectivity index (χ2v) is 9.19. The number of carbonyl (C=O) groups is 2. The lowest BCUT2D eigenvalue weighted by molar-refractivity contribution is -0.131. The van der Waals surface area contributed by atoms with E-state index in [1.54, 1.807) is 6.07 Å².